The molecule has 2 aromatic carbocycles. The predicted octanol–water partition coefficient (Wildman–Crippen LogP) is 5.01. The van der Waals surface area contributed by atoms with E-state index in [1.165, 1.54) is 23.5 Å². The minimum Gasteiger partial charge on any atom is -0.493 e. The molecule has 1 aromatic heterocycles. The highest BCUT2D eigenvalue weighted by Gasteiger charge is 2.12. The van der Waals surface area contributed by atoms with Gasteiger partial charge in [-0.2, -0.15) is 0 Å². The number of carbonyl (C=O) groups excluding carboxylic acids is 1. The quantitative estimate of drug-likeness (QED) is 0.447. The molecule has 0 unspecified atom stereocenters. The molecule has 0 saturated carbocycles. The van der Waals surface area contributed by atoms with E-state index >= 15 is 0 Å². The van der Waals surface area contributed by atoms with Gasteiger partial charge in [-0.3, -0.25) is 20.2 Å². The lowest BCUT2D eigenvalue weighted by Crippen LogP contribution is -2.11. The van der Waals surface area contributed by atoms with Crippen LogP contribution in [0.2, 0.25) is 0 Å². The molecule has 0 bridgehead atoms. The SMILES string of the molecule is CC(C)COc1ccc(C(=O)Nc2nc(-c3cccc([N+](=O)[O-])c3)cs2)cc1. The summed E-state index contributed by atoms with van der Waals surface area (Å²) in [4.78, 5) is 27.2. The molecule has 1 amide bonds. The minimum absolute atomic E-state index is 0.00383. The third kappa shape index (κ3) is 4.92. The monoisotopic (exact) mass is 397 g/mol. The Morgan fingerprint density at radius 1 is 1.25 bits per heavy atom. The summed E-state index contributed by atoms with van der Waals surface area (Å²) in [7, 11) is 0. The van der Waals surface area contributed by atoms with Crippen molar-refractivity contribution < 1.29 is 14.5 Å². The number of amides is 1. The van der Waals surface area contributed by atoms with Gasteiger partial charge in [-0.1, -0.05) is 26.0 Å². The van der Waals surface area contributed by atoms with Gasteiger partial charge in [0, 0.05) is 28.6 Å². The zero-order chi connectivity index (χ0) is 20.1. The van der Waals surface area contributed by atoms with E-state index in [-0.39, 0.29) is 11.6 Å². The van der Waals surface area contributed by atoms with E-state index in [2.05, 4.69) is 24.1 Å². The number of rotatable bonds is 7. The van der Waals surface area contributed by atoms with E-state index in [9.17, 15) is 14.9 Å². The van der Waals surface area contributed by atoms with E-state index < -0.39 is 4.92 Å². The number of hydrogen-bond acceptors (Lipinski definition) is 6. The first-order valence-electron chi connectivity index (χ1n) is 8.67. The van der Waals surface area contributed by atoms with Crippen molar-refractivity contribution in [2.75, 3.05) is 11.9 Å². The summed E-state index contributed by atoms with van der Waals surface area (Å²) in [6.45, 7) is 4.75. The fraction of sp³-hybridized carbons (Fsp3) is 0.200. The largest absolute Gasteiger partial charge is 0.493 e. The van der Waals surface area contributed by atoms with E-state index in [4.69, 9.17) is 4.74 Å². The third-order valence-corrected chi connectivity index (χ3v) is 4.53. The van der Waals surface area contributed by atoms with Crippen molar-refractivity contribution in [2.24, 2.45) is 5.92 Å². The highest BCUT2D eigenvalue weighted by molar-refractivity contribution is 7.14. The van der Waals surface area contributed by atoms with Gasteiger partial charge in [0.1, 0.15) is 5.75 Å². The topological polar surface area (TPSA) is 94.4 Å². The van der Waals surface area contributed by atoms with Crippen LogP contribution in [0.3, 0.4) is 0 Å². The summed E-state index contributed by atoms with van der Waals surface area (Å²) in [5, 5.41) is 15.8. The van der Waals surface area contributed by atoms with Crippen LogP contribution in [0.4, 0.5) is 10.8 Å². The average Bonchev–Trinajstić information content (AvgIpc) is 3.15. The summed E-state index contributed by atoms with van der Waals surface area (Å²) < 4.78 is 5.61. The molecule has 144 valence electrons. The second kappa shape index (κ2) is 8.62. The molecular weight excluding hydrogens is 378 g/mol. The second-order valence-corrected chi connectivity index (χ2v) is 7.39. The zero-order valence-electron chi connectivity index (χ0n) is 15.4. The lowest BCUT2D eigenvalue weighted by atomic mass is 10.1. The standard InChI is InChI=1S/C20H19N3O4S/c1-13(2)11-27-17-8-6-14(7-9-17)19(24)22-20-21-18(12-28-20)15-4-3-5-16(10-15)23(25)26/h3-10,12-13H,11H2,1-2H3,(H,21,22,24). The Morgan fingerprint density at radius 3 is 2.68 bits per heavy atom. The van der Waals surface area contributed by atoms with Crippen molar-refractivity contribution in [3.8, 4) is 17.0 Å². The van der Waals surface area contributed by atoms with E-state index in [0.29, 0.717) is 40.2 Å². The number of anilines is 1. The predicted molar refractivity (Wildman–Crippen MR) is 109 cm³/mol. The molecule has 0 radical (unpaired) electrons. The van der Waals surface area contributed by atoms with Gasteiger partial charge in [0.15, 0.2) is 5.13 Å². The molecule has 0 aliphatic rings. The fourth-order valence-electron chi connectivity index (χ4n) is 2.38. The maximum atomic E-state index is 12.4. The molecule has 1 N–H and O–H groups in total. The van der Waals surface area contributed by atoms with Crippen molar-refractivity contribution in [1.82, 2.24) is 4.98 Å². The Labute approximate surface area is 166 Å². The molecule has 1 heterocycles. The van der Waals surface area contributed by atoms with Crippen molar-refractivity contribution >= 4 is 28.1 Å². The van der Waals surface area contributed by atoms with E-state index in [0.717, 1.165) is 0 Å². The molecule has 28 heavy (non-hydrogen) atoms. The van der Waals surface area contributed by atoms with Gasteiger partial charge in [-0.25, -0.2) is 4.98 Å². The van der Waals surface area contributed by atoms with Crippen molar-refractivity contribution in [3.63, 3.8) is 0 Å². The van der Waals surface area contributed by atoms with Crippen LogP contribution in [-0.4, -0.2) is 22.4 Å². The summed E-state index contributed by atoms with van der Waals surface area (Å²) in [5.74, 6) is 0.857. The third-order valence-electron chi connectivity index (χ3n) is 3.78. The number of nitrogens with one attached hydrogen (secondary N) is 1. The van der Waals surface area contributed by atoms with Gasteiger partial charge in [0.25, 0.3) is 11.6 Å². The number of thiazole rings is 1. The summed E-state index contributed by atoms with van der Waals surface area (Å²) in [6.07, 6.45) is 0. The smallest absolute Gasteiger partial charge is 0.270 e. The number of ether oxygens (including phenoxy) is 1. The van der Waals surface area contributed by atoms with Gasteiger partial charge in [-0.05, 0) is 30.2 Å². The van der Waals surface area contributed by atoms with Crippen LogP contribution >= 0.6 is 11.3 Å². The van der Waals surface area contributed by atoms with Gasteiger partial charge in [0.2, 0.25) is 0 Å². The molecule has 0 fully saturated rings. The highest BCUT2D eigenvalue weighted by Crippen LogP contribution is 2.27. The molecule has 3 aromatic rings. The van der Waals surface area contributed by atoms with Crippen LogP contribution in [0.15, 0.2) is 53.9 Å². The summed E-state index contributed by atoms with van der Waals surface area (Å²) >= 11 is 1.26. The molecule has 8 heteroatoms. The zero-order valence-corrected chi connectivity index (χ0v) is 16.2. The Morgan fingerprint density at radius 2 is 2.00 bits per heavy atom. The summed E-state index contributed by atoms with van der Waals surface area (Å²) in [6, 6.07) is 13.1. The van der Waals surface area contributed by atoms with Crippen LogP contribution in [0.25, 0.3) is 11.3 Å². The number of carbonyl (C=O) groups is 1. The van der Waals surface area contributed by atoms with Crippen LogP contribution < -0.4 is 10.1 Å². The van der Waals surface area contributed by atoms with Crippen LogP contribution in [0.1, 0.15) is 24.2 Å². The molecule has 0 aliphatic carbocycles. The number of nitro groups is 1. The Kier molecular flexibility index (Phi) is 6.00. The van der Waals surface area contributed by atoms with Gasteiger partial charge in [0.05, 0.1) is 17.2 Å². The first-order valence-corrected chi connectivity index (χ1v) is 9.55. The number of aromatic nitrogens is 1. The highest BCUT2D eigenvalue weighted by atomic mass is 32.1. The first-order chi connectivity index (χ1) is 13.4. The van der Waals surface area contributed by atoms with Gasteiger partial charge < -0.3 is 4.74 Å². The van der Waals surface area contributed by atoms with Crippen LogP contribution in [0.5, 0.6) is 5.75 Å². The maximum absolute atomic E-state index is 12.4. The number of benzene rings is 2. The van der Waals surface area contributed by atoms with Crippen LogP contribution in [0, 0.1) is 16.0 Å². The van der Waals surface area contributed by atoms with Crippen molar-refractivity contribution in [1.29, 1.82) is 0 Å². The van der Waals surface area contributed by atoms with Crippen molar-refractivity contribution in [2.45, 2.75) is 13.8 Å². The minimum atomic E-state index is -0.451. The van der Waals surface area contributed by atoms with Gasteiger partial charge in [-0.15, -0.1) is 11.3 Å². The Balaban J connectivity index is 1.67. The van der Waals surface area contributed by atoms with Crippen molar-refractivity contribution in [3.05, 3.63) is 69.6 Å². The normalized spacial score (nSPS) is 10.7. The molecule has 7 nitrogen and oxygen atoms in total. The van der Waals surface area contributed by atoms with Gasteiger partial charge >= 0.3 is 0 Å². The number of nitrogens with zero attached hydrogens (tertiary/aromatic N) is 2. The average molecular weight is 397 g/mol. The van der Waals surface area contributed by atoms with Crippen LogP contribution in [-0.2, 0) is 0 Å². The lowest BCUT2D eigenvalue weighted by molar-refractivity contribution is -0.384. The molecule has 3 rings (SSSR count). The number of non-ortho nitro benzene ring substituents is 1. The first kappa shape index (κ1) is 19.5. The lowest BCUT2D eigenvalue weighted by Gasteiger charge is -2.09. The molecule has 0 saturated heterocycles. The fourth-order valence-corrected chi connectivity index (χ4v) is 3.09. The molecule has 0 aliphatic heterocycles. The molecule has 0 atom stereocenters. The second-order valence-electron chi connectivity index (χ2n) is 6.53. The number of nitro benzene ring substituents is 1. The van der Waals surface area contributed by atoms with E-state index in [1.54, 1.807) is 41.8 Å². The summed E-state index contributed by atoms with van der Waals surface area (Å²) in [5.41, 5.74) is 1.68. The Hall–Kier alpha value is -3.26. The Bertz CT molecular complexity index is 983. The van der Waals surface area contributed by atoms with E-state index in [1.807, 2.05) is 0 Å². The molecular formula is C20H19N3O4S. The number of hydrogen-bond donors (Lipinski definition) is 1. The molecule has 0 spiro atoms. The maximum Gasteiger partial charge on any atom is 0.270 e.